The van der Waals surface area contributed by atoms with Gasteiger partial charge in [-0.25, -0.2) is 4.39 Å². The molecular weight excluding hydrogens is 353 g/mol. The maximum Gasteiger partial charge on any atom is 0.231 e. The summed E-state index contributed by atoms with van der Waals surface area (Å²) in [5, 5.41) is 6.75. The van der Waals surface area contributed by atoms with Crippen molar-refractivity contribution in [3.63, 3.8) is 0 Å². The van der Waals surface area contributed by atoms with Crippen molar-refractivity contribution in [1.82, 2.24) is 15.5 Å². The van der Waals surface area contributed by atoms with Crippen LogP contribution in [0.15, 0.2) is 34.2 Å². The Morgan fingerprint density at radius 2 is 2.04 bits per heavy atom. The molecule has 0 unspecified atom stereocenters. The molecule has 6 nitrogen and oxygen atoms in total. The molecule has 144 valence electrons. The molecule has 1 aromatic rings. The van der Waals surface area contributed by atoms with E-state index >= 15 is 0 Å². The number of nitrogens with zero attached hydrogens (tertiary/aromatic N) is 2. The number of thioether (sulfide) groups is 1. The van der Waals surface area contributed by atoms with E-state index in [0.29, 0.717) is 19.1 Å². The SMILES string of the molecule is CCNC(=NCCSc1ccc(F)cc1)NC1CCN(CC(N)=O)CC1. The van der Waals surface area contributed by atoms with Crippen LogP contribution in [0, 0.1) is 5.82 Å². The Morgan fingerprint density at radius 1 is 1.35 bits per heavy atom. The Bertz CT molecular complexity index is 588. The summed E-state index contributed by atoms with van der Waals surface area (Å²) in [6.45, 7) is 5.58. The number of nitrogens with one attached hydrogen (secondary N) is 2. The second kappa shape index (κ2) is 11.0. The molecule has 8 heteroatoms. The number of amides is 1. The minimum absolute atomic E-state index is 0.215. The van der Waals surface area contributed by atoms with E-state index < -0.39 is 0 Å². The Kier molecular flexibility index (Phi) is 8.70. The fraction of sp³-hybridized carbons (Fsp3) is 0.556. The zero-order valence-corrected chi connectivity index (χ0v) is 16.0. The number of carbonyl (C=O) groups is 1. The average Bonchev–Trinajstić information content (AvgIpc) is 2.61. The first-order valence-electron chi connectivity index (χ1n) is 9.00. The number of primary amides is 1. The molecule has 4 N–H and O–H groups in total. The maximum atomic E-state index is 12.9. The largest absolute Gasteiger partial charge is 0.369 e. The van der Waals surface area contributed by atoms with Crippen LogP contribution in [0.3, 0.4) is 0 Å². The zero-order chi connectivity index (χ0) is 18.8. The van der Waals surface area contributed by atoms with Crippen LogP contribution in [0.25, 0.3) is 0 Å². The summed E-state index contributed by atoms with van der Waals surface area (Å²) in [4.78, 5) is 18.7. The van der Waals surface area contributed by atoms with Gasteiger partial charge in [0.1, 0.15) is 5.82 Å². The first kappa shape index (κ1) is 20.5. The van der Waals surface area contributed by atoms with Crippen molar-refractivity contribution in [3.05, 3.63) is 30.1 Å². The number of rotatable bonds is 8. The molecule has 1 heterocycles. The molecule has 1 amide bonds. The molecule has 0 aliphatic carbocycles. The van der Waals surface area contributed by atoms with E-state index in [2.05, 4.69) is 20.5 Å². The Hall–Kier alpha value is -1.80. The standard InChI is InChI=1S/C18H28FN5OS/c1-2-21-18(22-9-12-26-16-5-3-14(19)4-6-16)23-15-7-10-24(11-8-15)13-17(20)25/h3-6,15H,2,7-13H2,1H3,(H2,20,25)(H2,21,22,23). The molecule has 1 saturated heterocycles. The lowest BCUT2D eigenvalue weighted by Crippen LogP contribution is -2.49. The highest BCUT2D eigenvalue weighted by Crippen LogP contribution is 2.17. The molecule has 0 atom stereocenters. The van der Waals surface area contributed by atoms with Crippen molar-refractivity contribution in [2.75, 3.05) is 38.5 Å². The lowest BCUT2D eigenvalue weighted by atomic mass is 10.1. The Labute approximate surface area is 158 Å². The van der Waals surface area contributed by atoms with Gasteiger partial charge in [-0.15, -0.1) is 11.8 Å². The monoisotopic (exact) mass is 381 g/mol. The van der Waals surface area contributed by atoms with Crippen LogP contribution in [0.5, 0.6) is 0 Å². The van der Waals surface area contributed by atoms with Crippen LogP contribution in [0.2, 0.25) is 0 Å². The van der Waals surface area contributed by atoms with Gasteiger partial charge in [0, 0.05) is 36.3 Å². The van der Waals surface area contributed by atoms with Gasteiger partial charge in [-0.1, -0.05) is 0 Å². The van der Waals surface area contributed by atoms with Crippen molar-refractivity contribution in [3.8, 4) is 0 Å². The fourth-order valence-corrected chi connectivity index (χ4v) is 3.57. The topological polar surface area (TPSA) is 82.8 Å². The van der Waals surface area contributed by atoms with Gasteiger partial charge in [0.05, 0.1) is 13.1 Å². The van der Waals surface area contributed by atoms with Gasteiger partial charge in [-0.2, -0.15) is 0 Å². The van der Waals surface area contributed by atoms with E-state index in [1.165, 1.54) is 12.1 Å². The molecule has 1 aliphatic heterocycles. The number of benzene rings is 1. The van der Waals surface area contributed by atoms with Gasteiger partial charge in [0.2, 0.25) is 5.91 Å². The molecule has 0 saturated carbocycles. The zero-order valence-electron chi connectivity index (χ0n) is 15.2. The molecule has 0 bridgehead atoms. The van der Waals surface area contributed by atoms with Gasteiger partial charge >= 0.3 is 0 Å². The van der Waals surface area contributed by atoms with Gasteiger partial charge in [-0.05, 0) is 44.0 Å². The predicted molar refractivity (Wildman–Crippen MR) is 105 cm³/mol. The number of carbonyl (C=O) groups excluding carboxylic acids is 1. The first-order valence-corrected chi connectivity index (χ1v) is 9.99. The van der Waals surface area contributed by atoms with Gasteiger partial charge in [-0.3, -0.25) is 14.7 Å². The normalized spacial score (nSPS) is 16.5. The summed E-state index contributed by atoms with van der Waals surface area (Å²) in [5.41, 5.74) is 5.25. The summed E-state index contributed by atoms with van der Waals surface area (Å²) >= 11 is 1.66. The predicted octanol–water partition coefficient (Wildman–Crippen LogP) is 1.42. The maximum absolute atomic E-state index is 12.9. The molecule has 0 radical (unpaired) electrons. The second-order valence-electron chi connectivity index (χ2n) is 6.22. The third kappa shape index (κ3) is 7.61. The van der Waals surface area contributed by atoms with E-state index in [4.69, 9.17) is 5.73 Å². The Morgan fingerprint density at radius 3 is 2.65 bits per heavy atom. The van der Waals surface area contributed by atoms with Crippen LogP contribution < -0.4 is 16.4 Å². The number of aliphatic imine (C=N–C) groups is 1. The van der Waals surface area contributed by atoms with Crippen LogP contribution in [0.1, 0.15) is 19.8 Å². The van der Waals surface area contributed by atoms with Crippen molar-refractivity contribution in [2.45, 2.75) is 30.7 Å². The van der Waals surface area contributed by atoms with Crippen molar-refractivity contribution in [2.24, 2.45) is 10.7 Å². The fourth-order valence-electron chi connectivity index (χ4n) is 2.82. The minimum atomic E-state index is -0.273. The number of halogens is 1. The van der Waals surface area contributed by atoms with Crippen LogP contribution >= 0.6 is 11.8 Å². The average molecular weight is 382 g/mol. The van der Waals surface area contributed by atoms with Crippen molar-refractivity contribution >= 4 is 23.6 Å². The summed E-state index contributed by atoms with van der Waals surface area (Å²) in [6, 6.07) is 6.87. The molecule has 0 spiro atoms. The third-order valence-electron chi connectivity index (χ3n) is 4.10. The van der Waals surface area contributed by atoms with Crippen molar-refractivity contribution in [1.29, 1.82) is 0 Å². The van der Waals surface area contributed by atoms with Crippen LogP contribution in [-0.4, -0.2) is 61.3 Å². The summed E-state index contributed by atoms with van der Waals surface area (Å²) in [5.74, 6) is 1.16. The Balaban J connectivity index is 1.74. The third-order valence-corrected chi connectivity index (χ3v) is 5.09. The smallest absolute Gasteiger partial charge is 0.231 e. The number of likely N-dealkylation sites (tertiary alicyclic amines) is 1. The molecule has 1 aromatic carbocycles. The number of hydrogen-bond acceptors (Lipinski definition) is 4. The number of guanidine groups is 1. The lowest BCUT2D eigenvalue weighted by molar-refractivity contribution is -0.119. The number of hydrogen-bond donors (Lipinski definition) is 3. The second-order valence-corrected chi connectivity index (χ2v) is 7.39. The molecule has 1 aliphatic rings. The highest BCUT2D eigenvalue weighted by atomic mass is 32.2. The summed E-state index contributed by atoms with van der Waals surface area (Å²) in [6.07, 6.45) is 1.92. The van der Waals surface area contributed by atoms with Crippen molar-refractivity contribution < 1.29 is 9.18 Å². The highest BCUT2D eigenvalue weighted by Gasteiger charge is 2.20. The van der Waals surface area contributed by atoms with Gasteiger partial charge < -0.3 is 16.4 Å². The van der Waals surface area contributed by atoms with Gasteiger partial charge in [0.25, 0.3) is 0 Å². The number of nitrogens with two attached hydrogens (primary N) is 1. The van der Waals surface area contributed by atoms with Crippen LogP contribution in [-0.2, 0) is 4.79 Å². The first-order chi connectivity index (χ1) is 12.6. The molecule has 2 rings (SSSR count). The summed E-state index contributed by atoms with van der Waals surface area (Å²) < 4.78 is 12.9. The molecule has 1 fully saturated rings. The quantitative estimate of drug-likeness (QED) is 0.275. The summed E-state index contributed by atoms with van der Waals surface area (Å²) in [7, 11) is 0. The van der Waals surface area contributed by atoms with Gasteiger partial charge in [0.15, 0.2) is 5.96 Å². The molecule has 0 aromatic heterocycles. The number of piperidine rings is 1. The molecule has 26 heavy (non-hydrogen) atoms. The highest BCUT2D eigenvalue weighted by molar-refractivity contribution is 7.99. The van der Waals surface area contributed by atoms with E-state index in [-0.39, 0.29) is 11.7 Å². The minimum Gasteiger partial charge on any atom is -0.369 e. The lowest BCUT2D eigenvalue weighted by Gasteiger charge is -2.32. The molecular formula is C18H28FN5OS. The van der Waals surface area contributed by atoms with E-state index in [1.54, 1.807) is 23.9 Å². The van der Waals surface area contributed by atoms with E-state index in [0.717, 1.165) is 49.1 Å². The van der Waals surface area contributed by atoms with E-state index in [1.807, 2.05) is 6.92 Å². The van der Waals surface area contributed by atoms with E-state index in [9.17, 15) is 9.18 Å². The van der Waals surface area contributed by atoms with Crippen LogP contribution in [0.4, 0.5) is 4.39 Å².